The zero-order chi connectivity index (χ0) is 18.4. The third kappa shape index (κ3) is 3.88. The zero-order valence-corrected chi connectivity index (χ0v) is 14.8. The van der Waals surface area contributed by atoms with Crippen LogP contribution in [0, 0.1) is 0 Å². The van der Waals surface area contributed by atoms with Crippen LogP contribution in [0.25, 0.3) is 0 Å². The van der Waals surface area contributed by atoms with Gasteiger partial charge in [-0.05, 0) is 24.3 Å². The average Bonchev–Trinajstić information content (AvgIpc) is 2.66. The van der Waals surface area contributed by atoms with Gasteiger partial charge in [0.1, 0.15) is 11.5 Å². The first kappa shape index (κ1) is 18.3. The second kappa shape index (κ2) is 8.14. The summed E-state index contributed by atoms with van der Waals surface area (Å²) in [6.07, 6.45) is 0. The number of carbonyl (C=O) groups excluding carboxylic acids is 1. The zero-order valence-electron chi connectivity index (χ0n) is 14.8. The molecular formula is C18H21NO6. The Morgan fingerprint density at radius 1 is 0.760 bits per heavy atom. The van der Waals surface area contributed by atoms with Gasteiger partial charge in [0.25, 0.3) is 5.91 Å². The summed E-state index contributed by atoms with van der Waals surface area (Å²) in [5.41, 5.74) is 0.870. The lowest BCUT2D eigenvalue weighted by atomic mass is 10.1. The predicted molar refractivity (Wildman–Crippen MR) is 93.6 cm³/mol. The summed E-state index contributed by atoms with van der Waals surface area (Å²) in [4.78, 5) is 12.6. The number of nitrogens with one attached hydrogen (secondary N) is 1. The molecule has 0 aromatic heterocycles. The second-order valence-corrected chi connectivity index (χ2v) is 4.93. The number of methoxy groups -OCH3 is 5. The molecular weight excluding hydrogens is 326 g/mol. The van der Waals surface area contributed by atoms with E-state index in [4.69, 9.17) is 23.7 Å². The minimum atomic E-state index is -0.345. The molecule has 0 unspecified atom stereocenters. The lowest BCUT2D eigenvalue weighted by Crippen LogP contribution is -2.13. The standard InChI is InChI=1S/C18H21NO6/c1-21-12-6-7-13(14(10-12)22-2)19-18(20)11-8-15(23-3)17(25-5)16(9-11)24-4/h6-10H,1-5H3,(H,19,20). The third-order valence-corrected chi connectivity index (χ3v) is 3.58. The number of rotatable bonds is 7. The second-order valence-electron chi connectivity index (χ2n) is 4.93. The number of anilines is 1. The topological polar surface area (TPSA) is 75.3 Å². The van der Waals surface area contributed by atoms with Crippen LogP contribution in [0.2, 0.25) is 0 Å². The summed E-state index contributed by atoms with van der Waals surface area (Å²) in [5, 5.41) is 2.80. The van der Waals surface area contributed by atoms with Gasteiger partial charge in [-0.3, -0.25) is 4.79 Å². The van der Waals surface area contributed by atoms with Gasteiger partial charge < -0.3 is 29.0 Å². The molecule has 25 heavy (non-hydrogen) atoms. The highest BCUT2D eigenvalue weighted by Gasteiger charge is 2.18. The Balaban J connectivity index is 2.35. The molecule has 0 fully saturated rings. The molecule has 1 amide bonds. The molecule has 134 valence electrons. The van der Waals surface area contributed by atoms with Gasteiger partial charge in [-0.15, -0.1) is 0 Å². The van der Waals surface area contributed by atoms with Crippen molar-refractivity contribution in [1.82, 2.24) is 0 Å². The van der Waals surface area contributed by atoms with Crippen molar-refractivity contribution in [2.45, 2.75) is 0 Å². The lowest BCUT2D eigenvalue weighted by Gasteiger charge is -2.15. The molecule has 0 aliphatic heterocycles. The first-order chi connectivity index (χ1) is 12.1. The molecule has 7 nitrogen and oxygen atoms in total. The molecule has 0 saturated carbocycles. The van der Waals surface area contributed by atoms with E-state index in [-0.39, 0.29) is 5.91 Å². The van der Waals surface area contributed by atoms with Gasteiger partial charge in [0.05, 0.1) is 41.2 Å². The molecule has 0 bridgehead atoms. The Morgan fingerprint density at radius 3 is 1.84 bits per heavy atom. The first-order valence-corrected chi connectivity index (χ1v) is 7.41. The van der Waals surface area contributed by atoms with Gasteiger partial charge >= 0.3 is 0 Å². The van der Waals surface area contributed by atoms with Crippen LogP contribution in [0.3, 0.4) is 0 Å². The Morgan fingerprint density at radius 2 is 1.36 bits per heavy atom. The Labute approximate surface area is 146 Å². The van der Waals surface area contributed by atoms with E-state index in [1.165, 1.54) is 28.4 Å². The fraction of sp³-hybridized carbons (Fsp3) is 0.278. The van der Waals surface area contributed by atoms with Crippen molar-refractivity contribution in [3.8, 4) is 28.7 Å². The van der Waals surface area contributed by atoms with Crippen molar-refractivity contribution < 1.29 is 28.5 Å². The SMILES string of the molecule is COc1ccc(NC(=O)c2cc(OC)c(OC)c(OC)c2)c(OC)c1. The molecule has 0 aliphatic carbocycles. The van der Waals surface area contributed by atoms with E-state index in [0.29, 0.717) is 40.0 Å². The smallest absolute Gasteiger partial charge is 0.256 e. The molecule has 2 aromatic carbocycles. The minimum absolute atomic E-state index is 0.345. The lowest BCUT2D eigenvalue weighted by molar-refractivity contribution is 0.102. The molecule has 1 N–H and O–H groups in total. The average molecular weight is 347 g/mol. The van der Waals surface area contributed by atoms with Crippen LogP contribution in [-0.2, 0) is 0 Å². The minimum Gasteiger partial charge on any atom is -0.497 e. The molecule has 0 spiro atoms. The van der Waals surface area contributed by atoms with E-state index in [9.17, 15) is 4.79 Å². The highest BCUT2D eigenvalue weighted by Crippen LogP contribution is 2.38. The molecule has 2 aromatic rings. The van der Waals surface area contributed by atoms with E-state index >= 15 is 0 Å². The van der Waals surface area contributed by atoms with Crippen LogP contribution < -0.4 is 29.0 Å². The highest BCUT2D eigenvalue weighted by molar-refractivity contribution is 6.05. The maximum absolute atomic E-state index is 12.6. The number of ether oxygens (including phenoxy) is 5. The van der Waals surface area contributed by atoms with Gasteiger partial charge in [0, 0.05) is 11.6 Å². The molecule has 0 atom stereocenters. The predicted octanol–water partition coefficient (Wildman–Crippen LogP) is 2.98. The summed E-state index contributed by atoms with van der Waals surface area (Å²) >= 11 is 0. The van der Waals surface area contributed by atoms with Crippen LogP contribution in [0.1, 0.15) is 10.4 Å². The number of benzene rings is 2. The normalized spacial score (nSPS) is 9.96. The van der Waals surface area contributed by atoms with Crippen molar-refractivity contribution in [3.63, 3.8) is 0 Å². The summed E-state index contributed by atoms with van der Waals surface area (Å²) < 4.78 is 26.2. The molecule has 0 radical (unpaired) electrons. The van der Waals surface area contributed by atoms with Crippen molar-refractivity contribution in [2.24, 2.45) is 0 Å². The van der Waals surface area contributed by atoms with Crippen molar-refractivity contribution in [1.29, 1.82) is 0 Å². The van der Waals surface area contributed by atoms with E-state index in [0.717, 1.165) is 0 Å². The van der Waals surface area contributed by atoms with Crippen LogP contribution >= 0.6 is 0 Å². The van der Waals surface area contributed by atoms with E-state index < -0.39 is 0 Å². The number of carbonyl (C=O) groups is 1. The van der Waals surface area contributed by atoms with Crippen LogP contribution in [-0.4, -0.2) is 41.5 Å². The van der Waals surface area contributed by atoms with Gasteiger partial charge in [-0.25, -0.2) is 0 Å². The quantitative estimate of drug-likeness (QED) is 0.830. The van der Waals surface area contributed by atoms with Crippen LogP contribution in [0.4, 0.5) is 5.69 Å². The van der Waals surface area contributed by atoms with E-state index in [2.05, 4.69) is 5.32 Å². The molecule has 0 heterocycles. The highest BCUT2D eigenvalue weighted by atomic mass is 16.5. The largest absolute Gasteiger partial charge is 0.497 e. The molecule has 0 aliphatic rings. The maximum atomic E-state index is 12.6. The first-order valence-electron chi connectivity index (χ1n) is 7.41. The van der Waals surface area contributed by atoms with Gasteiger partial charge in [0.15, 0.2) is 11.5 Å². The van der Waals surface area contributed by atoms with Gasteiger partial charge in [-0.2, -0.15) is 0 Å². The monoisotopic (exact) mass is 347 g/mol. The number of amides is 1. The molecule has 2 rings (SSSR count). The van der Waals surface area contributed by atoms with E-state index in [1.807, 2.05) is 0 Å². The number of hydrogen-bond donors (Lipinski definition) is 1. The molecule has 0 saturated heterocycles. The van der Waals surface area contributed by atoms with Gasteiger partial charge in [0.2, 0.25) is 5.75 Å². The Kier molecular flexibility index (Phi) is 5.94. The molecule has 7 heteroatoms. The summed E-state index contributed by atoms with van der Waals surface area (Å²) in [6.45, 7) is 0. The van der Waals surface area contributed by atoms with Gasteiger partial charge in [-0.1, -0.05) is 0 Å². The summed E-state index contributed by atoms with van der Waals surface area (Å²) in [5.74, 6) is 1.98. The fourth-order valence-corrected chi connectivity index (χ4v) is 2.31. The van der Waals surface area contributed by atoms with Crippen molar-refractivity contribution in [2.75, 3.05) is 40.9 Å². The Bertz CT molecular complexity index is 734. The van der Waals surface area contributed by atoms with E-state index in [1.54, 1.807) is 37.4 Å². The third-order valence-electron chi connectivity index (χ3n) is 3.58. The van der Waals surface area contributed by atoms with Crippen LogP contribution in [0.15, 0.2) is 30.3 Å². The van der Waals surface area contributed by atoms with Crippen LogP contribution in [0.5, 0.6) is 28.7 Å². The van der Waals surface area contributed by atoms with Crippen molar-refractivity contribution >= 4 is 11.6 Å². The summed E-state index contributed by atoms with van der Waals surface area (Å²) in [7, 11) is 7.56. The maximum Gasteiger partial charge on any atom is 0.256 e. The van der Waals surface area contributed by atoms with Crippen molar-refractivity contribution in [3.05, 3.63) is 35.9 Å². The fourth-order valence-electron chi connectivity index (χ4n) is 2.31. The Hall–Kier alpha value is -3.09. The number of hydrogen-bond acceptors (Lipinski definition) is 6. The summed E-state index contributed by atoms with van der Waals surface area (Å²) in [6, 6.07) is 8.27.